The van der Waals surface area contributed by atoms with Crippen LogP contribution in [0.15, 0.2) is 18.2 Å². The molecule has 0 aliphatic heterocycles. The van der Waals surface area contributed by atoms with Gasteiger partial charge in [0.05, 0.1) is 0 Å². The Bertz CT molecular complexity index is 394. The summed E-state index contributed by atoms with van der Waals surface area (Å²) in [6, 6.07) is 5.79. The number of rotatable bonds is 5. The van der Waals surface area contributed by atoms with Gasteiger partial charge in [-0.2, -0.15) is 0 Å². The smallest absolute Gasteiger partial charge is 0.136 e. The summed E-state index contributed by atoms with van der Waals surface area (Å²) < 4.78 is 14.3. The lowest BCUT2D eigenvalue weighted by Crippen LogP contribution is -2.13. The van der Waals surface area contributed by atoms with Crippen LogP contribution in [0.3, 0.4) is 0 Å². The van der Waals surface area contributed by atoms with Crippen LogP contribution in [-0.4, -0.2) is 0 Å². The van der Waals surface area contributed by atoms with Crippen molar-refractivity contribution in [1.82, 2.24) is 0 Å². The van der Waals surface area contributed by atoms with Crippen molar-refractivity contribution in [1.29, 1.82) is 0 Å². The molecule has 1 aliphatic rings. The van der Waals surface area contributed by atoms with Crippen LogP contribution in [0, 0.1) is 15.3 Å². The lowest BCUT2D eigenvalue weighted by atomic mass is 9.77. The molecule has 1 fully saturated rings. The second-order valence-electron chi connectivity index (χ2n) is 5.89. The summed E-state index contributed by atoms with van der Waals surface area (Å²) in [5.74, 6) is 1.47. The van der Waals surface area contributed by atoms with Crippen molar-refractivity contribution in [2.24, 2.45) is 5.92 Å². The summed E-state index contributed by atoms with van der Waals surface area (Å²) in [4.78, 5) is 0. The first-order valence-electron chi connectivity index (χ1n) is 7.65. The highest BCUT2D eigenvalue weighted by Gasteiger charge is 2.22. The highest BCUT2D eigenvalue weighted by atomic mass is 127. The van der Waals surface area contributed by atoms with Crippen LogP contribution in [0.1, 0.15) is 69.8 Å². The highest BCUT2D eigenvalue weighted by Crippen LogP contribution is 2.38. The number of benzene rings is 1. The van der Waals surface area contributed by atoms with Gasteiger partial charge in [-0.3, -0.25) is 0 Å². The van der Waals surface area contributed by atoms with Crippen molar-refractivity contribution in [2.75, 3.05) is 0 Å². The molecule has 1 aromatic rings. The largest absolute Gasteiger partial charge is 0.206 e. The van der Waals surface area contributed by atoms with Gasteiger partial charge in [0, 0.05) is 3.57 Å². The van der Waals surface area contributed by atoms with E-state index in [4.69, 9.17) is 0 Å². The standard InChI is InChI=1S/C17H24FI/c1-2-3-4-5-13-6-8-14(9-7-13)15-10-11-17(19)16(18)12-15/h10-14H,2-9H2,1H3/t13-,14-. The van der Waals surface area contributed by atoms with Crippen LogP contribution in [0.2, 0.25) is 0 Å². The van der Waals surface area contributed by atoms with Crippen LogP contribution >= 0.6 is 22.6 Å². The van der Waals surface area contributed by atoms with E-state index in [1.807, 2.05) is 6.07 Å². The Morgan fingerprint density at radius 3 is 2.53 bits per heavy atom. The first-order chi connectivity index (χ1) is 9.20. The molecule has 0 amide bonds. The molecule has 2 rings (SSSR count). The summed E-state index contributed by atoms with van der Waals surface area (Å²) in [6.07, 6.45) is 10.7. The number of hydrogen-bond donors (Lipinski definition) is 0. The topological polar surface area (TPSA) is 0 Å². The van der Waals surface area contributed by atoms with E-state index in [0.717, 1.165) is 9.49 Å². The van der Waals surface area contributed by atoms with Crippen LogP contribution in [0.5, 0.6) is 0 Å². The van der Waals surface area contributed by atoms with Crippen molar-refractivity contribution >= 4 is 22.6 Å². The third-order valence-corrected chi connectivity index (χ3v) is 5.35. The minimum atomic E-state index is -0.0526. The van der Waals surface area contributed by atoms with E-state index in [0.29, 0.717) is 5.92 Å². The maximum atomic E-state index is 13.6. The van der Waals surface area contributed by atoms with Gasteiger partial charge in [-0.15, -0.1) is 0 Å². The summed E-state index contributed by atoms with van der Waals surface area (Å²) in [5.41, 5.74) is 1.21. The Kier molecular flexibility index (Phi) is 6.11. The van der Waals surface area contributed by atoms with Crippen LogP contribution in [0.25, 0.3) is 0 Å². The van der Waals surface area contributed by atoms with Gasteiger partial charge in [-0.25, -0.2) is 4.39 Å². The Hall–Kier alpha value is -0.120. The Labute approximate surface area is 130 Å². The average molecular weight is 374 g/mol. The fraction of sp³-hybridized carbons (Fsp3) is 0.647. The molecule has 0 heterocycles. The molecular formula is C17H24FI. The maximum absolute atomic E-state index is 13.6. The fourth-order valence-electron chi connectivity index (χ4n) is 3.23. The van der Waals surface area contributed by atoms with Gasteiger partial charge in [-0.05, 0) is 77.8 Å². The van der Waals surface area contributed by atoms with Crippen molar-refractivity contribution in [3.05, 3.63) is 33.1 Å². The highest BCUT2D eigenvalue weighted by molar-refractivity contribution is 14.1. The Morgan fingerprint density at radius 2 is 1.89 bits per heavy atom. The van der Waals surface area contributed by atoms with Gasteiger partial charge in [0.1, 0.15) is 5.82 Å². The Morgan fingerprint density at radius 1 is 1.16 bits per heavy atom. The van der Waals surface area contributed by atoms with Crippen molar-refractivity contribution in [3.63, 3.8) is 0 Å². The Balaban J connectivity index is 1.84. The van der Waals surface area contributed by atoms with E-state index < -0.39 is 0 Å². The number of halogens is 2. The molecule has 0 spiro atoms. The third-order valence-electron chi connectivity index (χ3n) is 4.48. The normalized spacial score (nSPS) is 23.5. The molecule has 0 radical (unpaired) electrons. The molecular weight excluding hydrogens is 350 g/mol. The third kappa shape index (κ3) is 4.44. The van der Waals surface area contributed by atoms with E-state index >= 15 is 0 Å². The summed E-state index contributed by atoms with van der Waals surface area (Å²) in [5, 5.41) is 0. The van der Waals surface area contributed by atoms with Crippen LogP contribution in [0.4, 0.5) is 4.39 Å². The summed E-state index contributed by atoms with van der Waals surface area (Å²) >= 11 is 2.06. The molecule has 1 saturated carbocycles. The summed E-state index contributed by atoms with van der Waals surface area (Å²) in [6.45, 7) is 2.27. The molecule has 0 saturated heterocycles. The molecule has 0 atom stereocenters. The zero-order chi connectivity index (χ0) is 13.7. The van der Waals surface area contributed by atoms with Gasteiger partial charge in [-0.1, -0.05) is 38.7 Å². The van der Waals surface area contributed by atoms with Crippen LogP contribution in [-0.2, 0) is 0 Å². The van der Waals surface area contributed by atoms with Gasteiger partial charge in [0.25, 0.3) is 0 Å². The van der Waals surface area contributed by atoms with E-state index in [2.05, 4.69) is 35.6 Å². The van der Waals surface area contributed by atoms with Gasteiger partial charge in [0.15, 0.2) is 0 Å². The zero-order valence-electron chi connectivity index (χ0n) is 11.8. The average Bonchev–Trinajstić information content (AvgIpc) is 2.43. The number of unbranched alkanes of at least 4 members (excludes halogenated alkanes) is 2. The first kappa shape index (κ1) is 15.3. The SMILES string of the molecule is CCCCC[C@H]1CC[C@H](c2ccc(I)c(F)c2)CC1. The monoisotopic (exact) mass is 374 g/mol. The molecule has 0 aromatic heterocycles. The quantitative estimate of drug-likeness (QED) is 0.420. The van der Waals surface area contributed by atoms with Crippen molar-refractivity contribution in [2.45, 2.75) is 64.2 Å². The van der Waals surface area contributed by atoms with E-state index in [1.54, 1.807) is 6.07 Å². The molecule has 19 heavy (non-hydrogen) atoms. The molecule has 0 unspecified atom stereocenters. The van der Waals surface area contributed by atoms with E-state index in [-0.39, 0.29) is 5.82 Å². The number of hydrogen-bond acceptors (Lipinski definition) is 0. The second kappa shape index (κ2) is 7.61. The second-order valence-corrected chi connectivity index (χ2v) is 7.05. The van der Waals surface area contributed by atoms with E-state index in [1.165, 1.54) is 56.9 Å². The predicted molar refractivity (Wildman–Crippen MR) is 88.0 cm³/mol. The van der Waals surface area contributed by atoms with Crippen molar-refractivity contribution in [3.8, 4) is 0 Å². The molecule has 0 nitrogen and oxygen atoms in total. The van der Waals surface area contributed by atoms with E-state index in [9.17, 15) is 4.39 Å². The van der Waals surface area contributed by atoms with Gasteiger partial charge < -0.3 is 0 Å². The lowest BCUT2D eigenvalue weighted by molar-refractivity contribution is 0.302. The molecule has 1 aliphatic carbocycles. The molecule has 0 N–H and O–H groups in total. The molecule has 106 valence electrons. The lowest BCUT2D eigenvalue weighted by Gasteiger charge is -2.29. The van der Waals surface area contributed by atoms with Crippen LogP contribution < -0.4 is 0 Å². The molecule has 2 heteroatoms. The fourth-order valence-corrected chi connectivity index (χ4v) is 3.57. The predicted octanol–water partition coefficient (Wildman–Crippen LogP) is 6.28. The minimum absolute atomic E-state index is 0.0526. The minimum Gasteiger partial charge on any atom is -0.206 e. The maximum Gasteiger partial charge on any atom is 0.136 e. The molecule has 1 aromatic carbocycles. The van der Waals surface area contributed by atoms with Gasteiger partial charge >= 0.3 is 0 Å². The molecule has 0 bridgehead atoms. The zero-order valence-corrected chi connectivity index (χ0v) is 14.0. The van der Waals surface area contributed by atoms with Crippen molar-refractivity contribution < 1.29 is 4.39 Å². The summed E-state index contributed by atoms with van der Waals surface area (Å²) in [7, 11) is 0. The first-order valence-corrected chi connectivity index (χ1v) is 8.73. The van der Waals surface area contributed by atoms with Gasteiger partial charge in [0.2, 0.25) is 0 Å².